The van der Waals surface area contributed by atoms with Crippen molar-refractivity contribution in [1.29, 1.82) is 5.26 Å². The van der Waals surface area contributed by atoms with E-state index in [0.29, 0.717) is 24.9 Å². The number of hydrogen-bond acceptors (Lipinski definition) is 5. The average molecular weight is 411 g/mol. The first-order valence-electron chi connectivity index (χ1n) is 10.6. The van der Waals surface area contributed by atoms with Crippen LogP contribution in [0.1, 0.15) is 44.0 Å². The maximum Gasteiger partial charge on any atom is 0.407 e. The number of nitriles is 1. The molecule has 2 aromatic rings. The molecule has 0 unspecified atom stereocenters. The number of aromatic nitrogens is 1. The third-order valence-electron chi connectivity index (χ3n) is 6.55. The molecular formula is C23H30N4O3. The lowest BCUT2D eigenvalue weighted by molar-refractivity contribution is 0.0190. The summed E-state index contributed by atoms with van der Waals surface area (Å²) in [6, 6.07) is 7.99. The number of carbonyl (C=O) groups excluding carboxylic acids is 1. The van der Waals surface area contributed by atoms with Gasteiger partial charge in [0, 0.05) is 42.1 Å². The Morgan fingerprint density at radius 1 is 1.43 bits per heavy atom. The molecule has 1 aromatic carbocycles. The van der Waals surface area contributed by atoms with E-state index in [2.05, 4.69) is 27.9 Å². The molecule has 4 rings (SSSR count). The predicted molar refractivity (Wildman–Crippen MR) is 114 cm³/mol. The van der Waals surface area contributed by atoms with E-state index in [1.807, 2.05) is 39.0 Å². The zero-order valence-corrected chi connectivity index (χ0v) is 18.1. The number of nitrogens with zero attached hydrogens (tertiary/aromatic N) is 3. The number of benzene rings is 1. The summed E-state index contributed by atoms with van der Waals surface area (Å²) in [6.07, 6.45) is 1.60. The summed E-state index contributed by atoms with van der Waals surface area (Å²) in [6.45, 7) is 7.11. The van der Waals surface area contributed by atoms with Crippen LogP contribution >= 0.6 is 0 Å². The number of amides is 1. The molecule has 1 amide bonds. The van der Waals surface area contributed by atoms with Crippen molar-refractivity contribution in [2.24, 2.45) is 0 Å². The maximum atomic E-state index is 12.1. The topological polar surface area (TPSA) is 90.5 Å². The number of aliphatic hydroxyl groups is 1. The van der Waals surface area contributed by atoms with Crippen LogP contribution in [0.4, 0.5) is 4.79 Å². The molecule has 1 saturated heterocycles. The molecule has 1 fully saturated rings. The Labute approximate surface area is 177 Å². The molecule has 3 atom stereocenters. The van der Waals surface area contributed by atoms with E-state index >= 15 is 0 Å². The second-order valence-electron chi connectivity index (χ2n) is 9.19. The van der Waals surface area contributed by atoms with E-state index < -0.39 is 11.7 Å². The van der Waals surface area contributed by atoms with Crippen molar-refractivity contribution in [2.75, 3.05) is 13.6 Å². The van der Waals surface area contributed by atoms with Crippen molar-refractivity contribution in [2.45, 2.75) is 70.4 Å². The average Bonchev–Trinajstić information content (AvgIpc) is 3.27. The van der Waals surface area contributed by atoms with Crippen molar-refractivity contribution < 1.29 is 14.6 Å². The first kappa shape index (κ1) is 20.7. The van der Waals surface area contributed by atoms with Gasteiger partial charge in [0.25, 0.3) is 0 Å². The second-order valence-corrected chi connectivity index (χ2v) is 9.19. The van der Waals surface area contributed by atoms with Crippen LogP contribution in [0.25, 0.3) is 10.9 Å². The normalized spacial score (nSPS) is 26.2. The fourth-order valence-electron chi connectivity index (χ4n) is 4.99. The van der Waals surface area contributed by atoms with Crippen LogP contribution in [0.2, 0.25) is 0 Å². The Morgan fingerprint density at radius 2 is 2.20 bits per heavy atom. The molecule has 2 aliphatic rings. The zero-order chi connectivity index (χ0) is 21.6. The molecule has 2 heterocycles. The van der Waals surface area contributed by atoms with Crippen LogP contribution < -0.4 is 5.32 Å². The van der Waals surface area contributed by atoms with Gasteiger partial charge < -0.3 is 19.7 Å². The predicted octanol–water partition coefficient (Wildman–Crippen LogP) is 2.57. The molecular weight excluding hydrogens is 380 g/mol. The molecule has 7 nitrogen and oxygen atoms in total. The molecule has 160 valence electrons. The molecule has 0 bridgehead atoms. The van der Waals surface area contributed by atoms with Crippen molar-refractivity contribution in [1.82, 2.24) is 14.8 Å². The number of ether oxygens (including phenoxy) is 1. The van der Waals surface area contributed by atoms with E-state index in [1.54, 1.807) is 0 Å². The highest BCUT2D eigenvalue weighted by Crippen LogP contribution is 2.36. The third kappa shape index (κ3) is 3.66. The summed E-state index contributed by atoms with van der Waals surface area (Å²) in [7, 11) is 2.05. The quantitative estimate of drug-likeness (QED) is 0.809. The number of hydrogen-bond donors (Lipinski definition) is 2. The summed E-state index contributed by atoms with van der Waals surface area (Å²) in [5.74, 6) is 0. The number of fused-ring (bicyclic) bond motifs is 3. The van der Waals surface area contributed by atoms with Gasteiger partial charge in [0.15, 0.2) is 0 Å². The van der Waals surface area contributed by atoms with Crippen molar-refractivity contribution in [3.05, 3.63) is 35.0 Å². The van der Waals surface area contributed by atoms with Gasteiger partial charge in [-0.2, -0.15) is 5.26 Å². The molecule has 30 heavy (non-hydrogen) atoms. The molecule has 0 saturated carbocycles. The van der Waals surface area contributed by atoms with Gasteiger partial charge in [0.05, 0.1) is 29.4 Å². The fraction of sp³-hybridized carbons (Fsp3) is 0.565. The zero-order valence-electron chi connectivity index (χ0n) is 18.1. The Morgan fingerprint density at radius 3 is 2.83 bits per heavy atom. The Hall–Kier alpha value is -2.56. The highest BCUT2D eigenvalue weighted by atomic mass is 16.6. The van der Waals surface area contributed by atoms with E-state index in [1.165, 1.54) is 11.3 Å². The van der Waals surface area contributed by atoms with Gasteiger partial charge in [0.2, 0.25) is 0 Å². The van der Waals surface area contributed by atoms with Gasteiger partial charge >= 0.3 is 6.09 Å². The van der Waals surface area contributed by atoms with Gasteiger partial charge in [-0.3, -0.25) is 4.90 Å². The summed E-state index contributed by atoms with van der Waals surface area (Å²) in [5.41, 5.74) is 3.31. The van der Waals surface area contributed by atoms with Crippen molar-refractivity contribution >= 4 is 17.0 Å². The molecule has 1 aliphatic carbocycles. The van der Waals surface area contributed by atoms with Crippen LogP contribution in [0.3, 0.4) is 0 Å². The Balaban J connectivity index is 1.69. The van der Waals surface area contributed by atoms with Crippen LogP contribution in [0.5, 0.6) is 0 Å². The lowest BCUT2D eigenvalue weighted by Gasteiger charge is -2.31. The standard InChI is InChI=1S/C23H30N4O3/c1-14(2)30-22(28)25-16-10-18-17-9-15(12-24)5-6-19(17)27(20(18)11-16)13-21-23(3,29)7-8-26(21)4/h5-6,9,14,16,21,29H,7-8,10-11,13H2,1-4H3,(H,25,28)/t16-,21+,23+/m0/s1. The first-order valence-corrected chi connectivity index (χ1v) is 10.6. The largest absolute Gasteiger partial charge is 0.447 e. The highest BCUT2D eigenvalue weighted by molar-refractivity contribution is 5.88. The Bertz CT molecular complexity index is 1020. The fourth-order valence-corrected chi connectivity index (χ4v) is 4.99. The van der Waals surface area contributed by atoms with Crippen LogP contribution in [-0.4, -0.2) is 58.0 Å². The van der Waals surface area contributed by atoms with Gasteiger partial charge in [-0.05, 0) is 64.4 Å². The first-order chi connectivity index (χ1) is 14.2. The van der Waals surface area contributed by atoms with E-state index in [9.17, 15) is 15.2 Å². The molecule has 7 heteroatoms. The minimum atomic E-state index is -0.748. The third-order valence-corrected chi connectivity index (χ3v) is 6.55. The van der Waals surface area contributed by atoms with E-state index in [-0.39, 0.29) is 18.2 Å². The Kier molecular flexibility index (Phi) is 5.25. The monoisotopic (exact) mass is 410 g/mol. The maximum absolute atomic E-state index is 12.1. The van der Waals surface area contributed by atoms with Gasteiger partial charge in [-0.1, -0.05) is 0 Å². The minimum absolute atomic E-state index is 0.00533. The summed E-state index contributed by atoms with van der Waals surface area (Å²) in [5, 5.41) is 24.3. The summed E-state index contributed by atoms with van der Waals surface area (Å²) in [4.78, 5) is 14.3. The van der Waals surface area contributed by atoms with Gasteiger partial charge in [-0.25, -0.2) is 4.79 Å². The molecule has 0 spiro atoms. The molecule has 1 aliphatic heterocycles. The van der Waals surface area contributed by atoms with Crippen LogP contribution in [-0.2, 0) is 24.1 Å². The number of rotatable bonds is 4. The van der Waals surface area contributed by atoms with Crippen molar-refractivity contribution in [3.63, 3.8) is 0 Å². The highest BCUT2D eigenvalue weighted by Gasteiger charge is 2.42. The summed E-state index contributed by atoms with van der Waals surface area (Å²) < 4.78 is 7.53. The van der Waals surface area contributed by atoms with E-state index in [0.717, 1.165) is 23.9 Å². The number of likely N-dealkylation sites (tertiary alicyclic amines) is 1. The van der Waals surface area contributed by atoms with Crippen molar-refractivity contribution in [3.8, 4) is 6.07 Å². The van der Waals surface area contributed by atoms with Crippen LogP contribution in [0, 0.1) is 11.3 Å². The molecule has 2 N–H and O–H groups in total. The minimum Gasteiger partial charge on any atom is -0.447 e. The second kappa shape index (κ2) is 7.60. The van der Waals surface area contributed by atoms with E-state index in [4.69, 9.17) is 4.74 Å². The lowest BCUT2D eigenvalue weighted by atomic mass is 9.97. The van der Waals surface area contributed by atoms with Gasteiger partial charge in [-0.15, -0.1) is 0 Å². The number of alkyl carbamates (subject to hydrolysis) is 1. The van der Waals surface area contributed by atoms with Crippen LogP contribution in [0.15, 0.2) is 18.2 Å². The smallest absolute Gasteiger partial charge is 0.407 e. The molecule has 1 aromatic heterocycles. The lowest BCUT2D eigenvalue weighted by Crippen LogP contribution is -2.44. The number of carbonyl (C=O) groups is 1. The number of nitrogens with one attached hydrogen (secondary N) is 1. The van der Waals surface area contributed by atoms with Gasteiger partial charge in [0.1, 0.15) is 0 Å². The SMILES string of the molecule is CC(C)OC(=O)N[C@H]1Cc2c(n(C[C@H]3N(C)CC[C@@]3(C)O)c3ccc(C#N)cc23)C1. The number of likely N-dealkylation sites (N-methyl/N-ethyl adjacent to an activating group) is 1. The summed E-state index contributed by atoms with van der Waals surface area (Å²) >= 11 is 0. The molecule has 0 radical (unpaired) electrons.